The summed E-state index contributed by atoms with van der Waals surface area (Å²) in [6.07, 6.45) is 0. The summed E-state index contributed by atoms with van der Waals surface area (Å²) in [5, 5.41) is 6.98. The van der Waals surface area contributed by atoms with E-state index in [1.807, 2.05) is 41.1 Å². The van der Waals surface area contributed by atoms with Crippen LogP contribution in [0.2, 0.25) is 0 Å². The molecule has 0 spiro atoms. The molecule has 0 radical (unpaired) electrons. The number of carbonyl (C=O) groups is 1. The van der Waals surface area contributed by atoms with Gasteiger partial charge in [0.25, 0.3) is 0 Å². The summed E-state index contributed by atoms with van der Waals surface area (Å²) in [7, 11) is 0. The van der Waals surface area contributed by atoms with Crippen molar-refractivity contribution >= 4 is 22.3 Å². The lowest BCUT2D eigenvalue weighted by Gasteiger charge is -2.13. The second-order valence-corrected chi connectivity index (χ2v) is 7.29. The Kier molecular flexibility index (Phi) is 3.60. The van der Waals surface area contributed by atoms with Crippen LogP contribution in [0.4, 0.5) is 0 Å². The first-order chi connectivity index (χ1) is 12.0. The van der Waals surface area contributed by atoms with Crippen molar-refractivity contribution in [3.63, 3.8) is 0 Å². The van der Waals surface area contributed by atoms with Crippen LogP contribution in [0, 0.1) is 0 Å². The molecule has 0 unspecified atom stereocenters. The summed E-state index contributed by atoms with van der Waals surface area (Å²) in [5.41, 5.74) is 4.51. The van der Waals surface area contributed by atoms with Crippen LogP contribution in [0.15, 0.2) is 53.6 Å². The van der Waals surface area contributed by atoms with Crippen molar-refractivity contribution in [1.82, 2.24) is 4.68 Å². The summed E-state index contributed by atoms with van der Waals surface area (Å²) < 4.78 is 1.98. The van der Waals surface area contributed by atoms with E-state index in [9.17, 15) is 4.79 Å². The van der Waals surface area contributed by atoms with Crippen LogP contribution in [0.1, 0.15) is 66.8 Å². The largest absolute Gasteiger partial charge is 0.287 e. The number of ketones is 1. The molecule has 0 fully saturated rings. The van der Waals surface area contributed by atoms with E-state index in [1.165, 1.54) is 0 Å². The SMILES string of the molecule is CC(C)c1ccc(C(C)C)n1/N=C1/C(=O)c2cccc3cccc1c23. The van der Waals surface area contributed by atoms with E-state index < -0.39 is 0 Å². The molecule has 126 valence electrons. The average Bonchev–Trinajstić information content (AvgIpc) is 3.12. The molecule has 0 bridgehead atoms. The summed E-state index contributed by atoms with van der Waals surface area (Å²) in [4.78, 5) is 13.0. The Balaban J connectivity index is 1.97. The molecule has 0 amide bonds. The van der Waals surface area contributed by atoms with E-state index in [4.69, 9.17) is 5.10 Å². The quantitative estimate of drug-likeness (QED) is 0.638. The van der Waals surface area contributed by atoms with Crippen LogP contribution in [0.25, 0.3) is 10.8 Å². The normalized spacial score (nSPS) is 15.3. The highest BCUT2D eigenvalue weighted by molar-refractivity contribution is 6.59. The fourth-order valence-electron chi connectivity index (χ4n) is 3.63. The Labute approximate surface area is 148 Å². The minimum Gasteiger partial charge on any atom is -0.287 e. The predicted octanol–water partition coefficient (Wildman–Crippen LogP) is 5.34. The van der Waals surface area contributed by atoms with Gasteiger partial charge in [0.2, 0.25) is 5.78 Å². The molecule has 1 aromatic heterocycles. The Morgan fingerprint density at radius 1 is 0.800 bits per heavy atom. The van der Waals surface area contributed by atoms with E-state index in [-0.39, 0.29) is 5.78 Å². The molecule has 0 saturated carbocycles. The lowest BCUT2D eigenvalue weighted by molar-refractivity contribution is 0.106. The number of benzene rings is 2. The Morgan fingerprint density at radius 3 is 1.92 bits per heavy atom. The Morgan fingerprint density at radius 2 is 1.36 bits per heavy atom. The minimum atomic E-state index is 0.0184. The molecule has 1 aliphatic carbocycles. The van der Waals surface area contributed by atoms with Gasteiger partial charge in [0.05, 0.1) is 0 Å². The van der Waals surface area contributed by atoms with Gasteiger partial charge in [-0.15, -0.1) is 0 Å². The molecule has 0 saturated heterocycles. The zero-order valence-electron chi connectivity index (χ0n) is 15.1. The predicted molar refractivity (Wildman–Crippen MR) is 103 cm³/mol. The lowest BCUT2D eigenvalue weighted by Crippen LogP contribution is -2.14. The zero-order valence-corrected chi connectivity index (χ0v) is 15.1. The molecule has 3 nitrogen and oxygen atoms in total. The standard InChI is InChI=1S/C22H22N2O/c1-13(2)18-11-12-19(14(3)4)24(18)23-21-16-9-5-7-15-8-6-10-17(20(15)16)22(21)25/h5-14H,1-4H3/b23-21+. The van der Waals surface area contributed by atoms with E-state index in [2.05, 4.69) is 39.8 Å². The van der Waals surface area contributed by atoms with Crippen molar-refractivity contribution in [3.05, 3.63) is 71.0 Å². The second-order valence-electron chi connectivity index (χ2n) is 7.29. The van der Waals surface area contributed by atoms with Crippen LogP contribution in [0.3, 0.4) is 0 Å². The van der Waals surface area contributed by atoms with Gasteiger partial charge in [0.1, 0.15) is 5.71 Å². The van der Waals surface area contributed by atoms with Crippen LogP contribution in [-0.2, 0) is 0 Å². The van der Waals surface area contributed by atoms with Crippen LogP contribution < -0.4 is 0 Å². The maximum absolute atomic E-state index is 13.0. The minimum absolute atomic E-state index is 0.0184. The van der Waals surface area contributed by atoms with Gasteiger partial charge in [-0.25, -0.2) is 4.68 Å². The van der Waals surface area contributed by atoms with E-state index in [1.54, 1.807) is 0 Å². The molecule has 3 aromatic rings. The monoisotopic (exact) mass is 330 g/mol. The van der Waals surface area contributed by atoms with Crippen molar-refractivity contribution in [3.8, 4) is 0 Å². The van der Waals surface area contributed by atoms with Gasteiger partial charge in [-0.2, -0.15) is 5.10 Å². The molecule has 2 aromatic carbocycles. The smallest absolute Gasteiger partial charge is 0.214 e. The van der Waals surface area contributed by atoms with Crippen molar-refractivity contribution in [2.75, 3.05) is 0 Å². The number of nitrogens with zero attached hydrogens (tertiary/aromatic N) is 2. The van der Waals surface area contributed by atoms with Gasteiger partial charge < -0.3 is 0 Å². The summed E-state index contributed by atoms with van der Waals surface area (Å²) >= 11 is 0. The average molecular weight is 330 g/mol. The molecule has 1 heterocycles. The molecule has 0 aliphatic heterocycles. The molecule has 0 N–H and O–H groups in total. The lowest BCUT2D eigenvalue weighted by atomic mass is 10.1. The van der Waals surface area contributed by atoms with Gasteiger partial charge in [-0.05, 0) is 29.4 Å². The third kappa shape index (κ3) is 2.34. The Hall–Kier alpha value is -2.68. The maximum Gasteiger partial charge on any atom is 0.214 e. The van der Waals surface area contributed by atoms with Gasteiger partial charge in [0.15, 0.2) is 0 Å². The van der Waals surface area contributed by atoms with Gasteiger partial charge >= 0.3 is 0 Å². The fourth-order valence-corrected chi connectivity index (χ4v) is 3.63. The van der Waals surface area contributed by atoms with Crippen molar-refractivity contribution in [2.24, 2.45) is 5.10 Å². The van der Waals surface area contributed by atoms with E-state index in [0.717, 1.165) is 33.3 Å². The zero-order chi connectivity index (χ0) is 17.7. The third-order valence-corrected chi connectivity index (χ3v) is 4.92. The molecule has 0 atom stereocenters. The highest BCUT2D eigenvalue weighted by Crippen LogP contribution is 2.32. The van der Waals surface area contributed by atoms with Crippen molar-refractivity contribution in [1.29, 1.82) is 0 Å². The number of hydrogen-bond donors (Lipinski definition) is 0. The fraction of sp³-hybridized carbons (Fsp3) is 0.273. The van der Waals surface area contributed by atoms with Crippen LogP contribution in [-0.4, -0.2) is 16.2 Å². The van der Waals surface area contributed by atoms with Gasteiger partial charge in [0, 0.05) is 27.9 Å². The first-order valence-electron chi connectivity index (χ1n) is 8.86. The number of carbonyl (C=O) groups excluding carboxylic acids is 1. The molecule has 25 heavy (non-hydrogen) atoms. The summed E-state index contributed by atoms with van der Waals surface area (Å²) in [6.45, 7) is 8.62. The van der Waals surface area contributed by atoms with Crippen molar-refractivity contribution < 1.29 is 4.79 Å². The number of hydrogen-bond acceptors (Lipinski definition) is 2. The first kappa shape index (κ1) is 15.8. The number of Topliss-reactive ketones (excluding diaryl/α,β-unsaturated/α-hetero) is 1. The van der Waals surface area contributed by atoms with E-state index in [0.29, 0.717) is 17.5 Å². The van der Waals surface area contributed by atoms with E-state index >= 15 is 0 Å². The summed E-state index contributed by atoms with van der Waals surface area (Å²) in [5.74, 6) is 0.697. The Bertz CT molecular complexity index is 991. The maximum atomic E-state index is 13.0. The molecular weight excluding hydrogens is 308 g/mol. The van der Waals surface area contributed by atoms with Gasteiger partial charge in [-0.1, -0.05) is 64.1 Å². The second kappa shape index (κ2) is 5.69. The molecule has 4 rings (SSSR count). The molecule has 3 heteroatoms. The molecule has 1 aliphatic rings. The summed E-state index contributed by atoms with van der Waals surface area (Å²) in [6, 6.07) is 16.2. The van der Waals surface area contributed by atoms with Gasteiger partial charge in [-0.3, -0.25) is 4.79 Å². The number of aromatic nitrogens is 1. The van der Waals surface area contributed by atoms with Crippen LogP contribution in [0.5, 0.6) is 0 Å². The van der Waals surface area contributed by atoms with Crippen LogP contribution >= 0.6 is 0 Å². The number of rotatable bonds is 3. The molecular formula is C22H22N2O. The third-order valence-electron chi connectivity index (χ3n) is 4.92. The highest BCUT2D eigenvalue weighted by Gasteiger charge is 2.29. The highest BCUT2D eigenvalue weighted by atomic mass is 16.1. The topological polar surface area (TPSA) is 34.4 Å². The van der Waals surface area contributed by atoms with Crippen molar-refractivity contribution in [2.45, 2.75) is 39.5 Å². The first-order valence-corrected chi connectivity index (χ1v) is 8.86.